The van der Waals surface area contributed by atoms with Crippen molar-refractivity contribution < 1.29 is 0 Å². The lowest BCUT2D eigenvalue weighted by molar-refractivity contribution is 0.273. The molecule has 82 valence electrons. The Labute approximate surface area is 89.9 Å². The molecule has 2 rings (SSSR count). The minimum Gasteiger partial charge on any atom is -0.384 e. The summed E-state index contributed by atoms with van der Waals surface area (Å²) in [7, 11) is 2.13. The second-order valence-corrected chi connectivity index (χ2v) is 4.09. The van der Waals surface area contributed by atoms with E-state index in [-0.39, 0.29) is 0 Å². The van der Waals surface area contributed by atoms with Crippen LogP contribution in [0.2, 0.25) is 0 Å². The number of nitrogen functional groups attached to an aromatic ring is 1. The summed E-state index contributed by atoms with van der Waals surface area (Å²) >= 11 is 0. The van der Waals surface area contributed by atoms with E-state index in [1.54, 1.807) is 12.3 Å². The number of hydrogen-bond donors (Lipinski definition) is 1. The summed E-state index contributed by atoms with van der Waals surface area (Å²) < 4.78 is 0. The van der Waals surface area contributed by atoms with Crippen LogP contribution >= 0.6 is 0 Å². The quantitative estimate of drug-likeness (QED) is 0.713. The molecule has 0 aromatic carbocycles. The summed E-state index contributed by atoms with van der Waals surface area (Å²) in [5, 5.41) is 0. The highest BCUT2D eigenvalue weighted by Crippen LogP contribution is 2.15. The van der Waals surface area contributed by atoms with Gasteiger partial charge in [-0.3, -0.25) is 0 Å². The Kier molecular flexibility index (Phi) is 2.73. The van der Waals surface area contributed by atoms with Crippen LogP contribution < -0.4 is 10.6 Å². The van der Waals surface area contributed by atoms with E-state index in [2.05, 4.69) is 33.7 Å². The lowest BCUT2D eigenvalue weighted by Gasteiger charge is -2.38. The predicted octanol–water partition coefficient (Wildman–Crippen LogP) is 0.199. The second kappa shape index (κ2) is 4.02. The van der Waals surface area contributed by atoms with Gasteiger partial charge in [-0.2, -0.15) is 4.98 Å². The zero-order valence-electron chi connectivity index (χ0n) is 9.22. The molecule has 1 aromatic heterocycles. The third kappa shape index (κ3) is 2.18. The fourth-order valence-corrected chi connectivity index (χ4v) is 1.94. The van der Waals surface area contributed by atoms with Crippen LogP contribution in [0.3, 0.4) is 0 Å². The number of piperazine rings is 1. The van der Waals surface area contributed by atoms with Crippen molar-refractivity contribution in [3.8, 4) is 0 Å². The summed E-state index contributed by atoms with van der Waals surface area (Å²) in [6.45, 7) is 5.23. The van der Waals surface area contributed by atoms with Crippen molar-refractivity contribution in [3.63, 3.8) is 0 Å². The van der Waals surface area contributed by atoms with E-state index in [0.29, 0.717) is 11.9 Å². The van der Waals surface area contributed by atoms with E-state index in [9.17, 15) is 0 Å². The number of nitrogens with two attached hydrogens (primary N) is 1. The van der Waals surface area contributed by atoms with Crippen LogP contribution in [0.1, 0.15) is 6.92 Å². The summed E-state index contributed by atoms with van der Waals surface area (Å²) in [5.41, 5.74) is 5.65. The van der Waals surface area contributed by atoms with Crippen molar-refractivity contribution >= 4 is 11.8 Å². The third-order valence-corrected chi connectivity index (χ3v) is 2.75. The van der Waals surface area contributed by atoms with Crippen molar-refractivity contribution in [2.75, 3.05) is 37.3 Å². The maximum absolute atomic E-state index is 5.65. The molecular formula is C10H17N5. The third-order valence-electron chi connectivity index (χ3n) is 2.75. The van der Waals surface area contributed by atoms with E-state index >= 15 is 0 Å². The Bertz CT molecular complexity index is 340. The van der Waals surface area contributed by atoms with Crippen molar-refractivity contribution in [1.29, 1.82) is 0 Å². The van der Waals surface area contributed by atoms with Gasteiger partial charge in [0.15, 0.2) is 0 Å². The fraction of sp³-hybridized carbons (Fsp3) is 0.600. The lowest BCUT2D eigenvalue weighted by atomic mass is 10.2. The summed E-state index contributed by atoms with van der Waals surface area (Å²) in [5.74, 6) is 1.28. The highest BCUT2D eigenvalue weighted by atomic mass is 15.3. The normalized spacial score (nSPS) is 23.1. The van der Waals surface area contributed by atoms with Gasteiger partial charge in [-0.15, -0.1) is 0 Å². The molecule has 1 fully saturated rings. The molecule has 1 saturated heterocycles. The van der Waals surface area contributed by atoms with Crippen LogP contribution in [-0.2, 0) is 0 Å². The molecule has 1 unspecified atom stereocenters. The Morgan fingerprint density at radius 2 is 2.27 bits per heavy atom. The Hall–Kier alpha value is -1.36. The van der Waals surface area contributed by atoms with Gasteiger partial charge in [-0.1, -0.05) is 0 Å². The van der Waals surface area contributed by atoms with Gasteiger partial charge in [-0.25, -0.2) is 4.98 Å². The number of anilines is 2. The van der Waals surface area contributed by atoms with Gasteiger partial charge in [0.1, 0.15) is 5.82 Å². The Balaban J connectivity index is 2.17. The molecule has 2 heterocycles. The average Bonchev–Trinajstić information content (AvgIpc) is 2.17. The molecule has 1 aromatic rings. The molecule has 2 N–H and O–H groups in total. The topological polar surface area (TPSA) is 58.3 Å². The number of aromatic nitrogens is 2. The molecule has 0 radical (unpaired) electrons. The summed E-state index contributed by atoms with van der Waals surface area (Å²) in [6.07, 6.45) is 1.71. The van der Waals surface area contributed by atoms with Crippen LogP contribution in [-0.4, -0.2) is 47.6 Å². The molecule has 1 aliphatic heterocycles. The van der Waals surface area contributed by atoms with Gasteiger partial charge < -0.3 is 15.5 Å². The monoisotopic (exact) mass is 207 g/mol. The number of likely N-dealkylation sites (N-methyl/N-ethyl adjacent to an activating group) is 1. The molecule has 0 aliphatic carbocycles. The van der Waals surface area contributed by atoms with Gasteiger partial charge in [0.2, 0.25) is 5.95 Å². The maximum atomic E-state index is 5.65. The largest absolute Gasteiger partial charge is 0.384 e. The zero-order valence-corrected chi connectivity index (χ0v) is 9.22. The van der Waals surface area contributed by atoms with E-state index in [1.165, 1.54) is 0 Å². The van der Waals surface area contributed by atoms with E-state index in [4.69, 9.17) is 5.73 Å². The van der Waals surface area contributed by atoms with Gasteiger partial charge >= 0.3 is 0 Å². The van der Waals surface area contributed by atoms with Crippen molar-refractivity contribution in [1.82, 2.24) is 14.9 Å². The lowest BCUT2D eigenvalue weighted by Crippen LogP contribution is -2.51. The highest BCUT2D eigenvalue weighted by Gasteiger charge is 2.23. The molecule has 0 spiro atoms. The summed E-state index contributed by atoms with van der Waals surface area (Å²) in [6, 6.07) is 2.15. The number of hydrogen-bond acceptors (Lipinski definition) is 5. The van der Waals surface area contributed by atoms with Gasteiger partial charge in [0.25, 0.3) is 0 Å². The van der Waals surface area contributed by atoms with Crippen LogP contribution in [0.15, 0.2) is 12.3 Å². The highest BCUT2D eigenvalue weighted by molar-refractivity contribution is 5.39. The molecule has 5 nitrogen and oxygen atoms in total. The van der Waals surface area contributed by atoms with Crippen LogP contribution in [0.5, 0.6) is 0 Å². The first-order valence-electron chi connectivity index (χ1n) is 5.20. The van der Waals surface area contributed by atoms with Crippen LogP contribution in [0.4, 0.5) is 11.8 Å². The first-order valence-corrected chi connectivity index (χ1v) is 5.20. The average molecular weight is 207 g/mol. The minimum absolute atomic E-state index is 0.436. The molecule has 1 atom stereocenters. The van der Waals surface area contributed by atoms with Crippen molar-refractivity contribution in [3.05, 3.63) is 12.3 Å². The Morgan fingerprint density at radius 3 is 2.93 bits per heavy atom. The SMILES string of the molecule is CC1CN(C)CCN1c1nccc(N)n1. The second-order valence-electron chi connectivity index (χ2n) is 4.09. The van der Waals surface area contributed by atoms with Gasteiger partial charge in [0, 0.05) is 31.9 Å². The first kappa shape index (κ1) is 10.2. The molecule has 0 bridgehead atoms. The van der Waals surface area contributed by atoms with E-state index in [0.717, 1.165) is 25.6 Å². The van der Waals surface area contributed by atoms with Gasteiger partial charge in [0.05, 0.1) is 0 Å². The van der Waals surface area contributed by atoms with Crippen molar-refractivity contribution in [2.45, 2.75) is 13.0 Å². The maximum Gasteiger partial charge on any atom is 0.227 e. The van der Waals surface area contributed by atoms with E-state index < -0.39 is 0 Å². The standard InChI is InChI=1S/C10H17N5/c1-8-7-14(2)5-6-15(8)10-12-4-3-9(11)13-10/h3-4,8H,5-7H2,1-2H3,(H2,11,12,13). The smallest absolute Gasteiger partial charge is 0.227 e. The molecular weight excluding hydrogens is 190 g/mol. The summed E-state index contributed by atoms with van der Waals surface area (Å²) in [4.78, 5) is 13.0. The van der Waals surface area contributed by atoms with E-state index in [1.807, 2.05) is 0 Å². The van der Waals surface area contributed by atoms with Crippen molar-refractivity contribution in [2.24, 2.45) is 0 Å². The molecule has 15 heavy (non-hydrogen) atoms. The minimum atomic E-state index is 0.436. The van der Waals surface area contributed by atoms with Gasteiger partial charge in [-0.05, 0) is 20.0 Å². The fourth-order valence-electron chi connectivity index (χ4n) is 1.94. The molecule has 1 aliphatic rings. The van der Waals surface area contributed by atoms with Crippen LogP contribution in [0, 0.1) is 0 Å². The molecule has 5 heteroatoms. The molecule has 0 amide bonds. The molecule has 0 saturated carbocycles. The zero-order chi connectivity index (χ0) is 10.8. The number of nitrogens with zero attached hydrogens (tertiary/aromatic N) is 4. The Morgan fingerprint density at radius 1 is 1.47 bits per heavy atom. The van der Waals surface area contributed by atoms with Crippen LogP contribution in [0.25, 0.3) is 0 Å². The predicted molar refractivity (Wildman–Crippen MR) is 60.7 cm³/mol. The first-order chi connectivity index (χ1) is 7.16. The number of rotatable bonds is 1.